The van der Waals surface area contributed by atoms with Gasteiger partial charge in [-0.05, 0) is 19.3 Å². The van der Waals surface area contributed by atoms with E-state index in [1.54, 1.807) is 4.90 Å². The van der Waals surface area contributed by atoms with E-state index in [1.807, 2.05) is 0 Å². The second-order valence-corrected chi connectivity index (χ2v) is 4.36. The Labute approximate surface area is 89.1 Å². The van der Waals surface area contributed by atoms with Gasteiger partial charge < -0.3 is 20.4 Å². The molecule has 5 nitrogen and oxygen atoms in total. The van der Waals surface area contributed by atoms with E-state index < -0.39 is 6.10 Å². The van der Waals surface area contributed by atoms with Crippen molar-refractivity contribution in [3.05, 3.63) is 0 Å². The van der Waals surface area contributed by atoms with Crippen LogP contribution in [0.25, 0.3) is 0 Å². The number of aliphatic hydroxyl groups excluding tert-OH is 2. The van der Waals surface area contributed by atoms with E-state index in [0.717, 1.165) is 19.4 Å². The smallest absolute Gasteiger partial charge is 0.240 e. The van der Waals surface area contributed by atoms with E-state index in [0.29, 0.717) is 13.0 Å². The Bertz CT molecular complexity index is 247. The predicted molar refractivity (Wildman–Crippen MR) is 54.2 cm³/mol. The van der Waals surface area contributed by atoms with Crippen LogP contribution in [0.1, 0.15) is 19.3 Å². The van der Waals surface area contributed by atoms with Crippen molar-refractivity contribution < 1.29 is 15.0 Å². The first-order valence-corrected chi connectivity index (χ1v) is 5.55. The van der Waals surface area contributed by atoms with Crippen molar-refractivity contribution in [2.24, 2.45) is 0 Å². The number of carbonyl (C=O) groups is 1. The van der Waals surface area contributed by atoms with E-state index in [1.165, 1.54) is 0 Å². The highest BCUT2D eigenvalue weighted by molar-refractivity contribution is 5.82. The number of amides is 1. The lowest BCUT2D eigenvalue weighted by Crippen LogP contribution is -2.46. The van der Waals surface area contributed by atoms with Crippen LogP contribution in [0, 0.1) is 0 Å². The average Bonchev–Trinajstić information content (AvgIpc) is 2.84. The van der Waals surface area contributed by atoms with Crippen molar-refractivity contribution >= 4 is 5.91 Å². The summed E-state index contributed by atoms with van der Waals surface area (Å²) in [5, 5.41) is 21.5. The summed E-state index contributed by atoms with van der Waals surface area (Å²) in [6.45, 7) is 1.27. The number of likely N-dealkylation sites (tertiary alicyclic amines) is 1. The Hall–Kier alpha value is -0.650. The molecule has 0 radical (unpaired) electrons. The summed E-state index contributed by atoms with van der Waals surface area (Å²) in [6.07, 6.45) is 1.94. The second-order valence-electron chi connectivity index (χ2n) is 4.36. The summed E-state index contributed by atoms with van der Waals surface area (Å²) in [5.41, 5.74) is 0. The fourth-order valence-electron chi connectivity index (χ4n) is 2.42. The van der Waals surface area contributed by atoms with Crippen LogP contribution >= 0.6 is 0 Å². The van der Waals surface area contributed by atoms with Gasteiger partial charge in [-0.1, -0.05) is 0 Å². The maximum absolute atomic E-state index is 12.0. The molecule has 2 heterocycles. The number of nitrogens with zero attached hydrogens (tertiary/aromatic N) is 1. The molecule has 0 aromatic carbocycles. The molecule has 0 bridgehead atoms. The van der Waals surface area contributed by atoms with Gasteiger partial charge in [0.15, 0.2) is 0 Å². The zero-order valence-electron chi connectivity index (χ0n) is 8.72. The van der Waals surface area contributed by atoms with Crippen molar-refractivity contribution in [3.63, 3.8) is 0 Å². The summed E-state index contributed by atoms with van der Waals surface area (Å²) in [5.74, 6) is 0.0306. The van der Waals surface area contributed by atoms with Gasteiger partial charge >= 0.3 is 0 Å². The summed E-state index contributed by atoms with van der Waals surface area (Å²) in [6, 6.07) is -0.274. The fourth-order valence-corrected chi connectivity index (χ4v) is 2.42. The van der Waals surface area contributed by atoms with E-state index in [4.69, 9.17) is 5.11 Å². The Morgan fingerprint density at radius 3 is 2.93 bits per heavy atom. The van der Waals surface area contributed by atoms with Crippen molar-refractivity contribution in [1.29, 1.82) is 0 Å². The Kier molecular flexibility index (Phi) is 3.23. The first-order valence-electron chi connectivity index (χ1n) is 5.55. The highest BCUT2D eigenvalue weighted by atomic mass is 16.3. The molecule has 3 N–H and O–H groups in total. The van der Waals surface area contributed by atoms with Gasteiger partial charge in [0, 0.05) is 13.1 Å². The first-order chi connectivity index (χ1) is 7.22. The van der Waals surface area contributed by atoms with Gasteiger partial charge in [0.05, 0.1) is 24.8 Å². The topological polar surface area (TPSA) is 72.8 Å². The molecule has 2 saturated heterocycles. The van der Waals surface area contributed by atoms with Crippen LogP contribution in [0.5, 0.6) is 0 Å². The maximum atomic E-state index is 12.0. The third-order valence-electron chi connectivity index (χ3n) is 3.28. The summed E-state index contributed by atoms with van der Waals surface area (Å²) in [7, 11) is 0. The lowest BCUT2D eigenvalue weighted by molar-refractivity contribution is -0.134. The summed E-state index contributed by atoms with van der Waals surface area (Å²) >= 11 is 0. The molecule has 2 rings (SSSR count). The highest BCUT2D eigenvalue weighted by Gasteiger charge is 2.35. The van der Waals surface area contributed by atoms with Crippen LogP contribution in [-0.2, 0) is 4.79 Å². The first kappa shape index (κ1) is 10.9. The lowest BCUT2D eigenvalue weighted by Gasteiger charge is -2.26. The number of carbonyl (C=O) groups excluding carboxylic acids is 1. The van der Waals surface area contributed by atoms with Gasteiger partial charge in [-0.15, -0.1) is 0 Å². The molecule has 1 amide bonds. The van der Waals surface area contributed by atoms with Gasteiger partial charge in [0.2, 0.25) is 5.91 Å². The molecular formula is C10H18N2O3. The van der Waals surface area contributed by atoms with Crippen molar-refractivity contribution in [2.75, 3.05) is 19.7 Å². The quantitative estimate of drug-likeness (QED) is 0.534. The lowest BCUT2D eigenvalue weighted by atomic mass is 10.1. The predicted octanol–water partition coefficient (Wildman–Crippen LogP) is -1.31. The summed E-state index contributed by atoms with van der Waals surface area (Å²) < 4.78 is 0. The molecule has 15 heavy (non-hydrogen) atoms. The van der Waals surface area contributed by atoms with Crippen LogP contribution in [0.3, 0.4) is 0 Å². The molecule has 2 unspecified atom stereocenters. The Morgan fingerprint density at radius 1 is 1.53 bits per heavy atom. The standard InChI is InChI=1S/C10H18N2O3/c13-6-7-2-1-3-12(7)10(15)9-4-8(14)5-11-9/h7-9,11,13-14H,1-6H2/t7-,8?,9?/m0/s1. The van der Waals surface area contributed by atoms with E-state index in [9.17, 15) is 9.90 Å². The normalized spacial score (nSPS) is 36.1. The van der Waals surface area contributed by atoms with Crippen LogP contribution < -0.4 is 5.32 Å². The van der Waals surface area contributed by atoms with Gasteiger partial charge in [-0.2, -0.15) is 0 Å². The number of β-amino-alcohol motifs (C(OH)–C–C–N with tert-alkyl or cyclic N) is 1. The van der Waals surface area contributed by atoms with Gasteiger partial charge in [-0.3, -0.25) is 4.79 Å². The van der Waals surface area contributed by atoms with Crippen molar-refractivity contribution in [2.45, 2.75) is 37.5 Å². The number of aliphatic hydroxyl groups is 2. The van der Waals surface area contributed by atoms with Gasteiger partial charge in [0.25, 0.3) is 0 Å². The molecule has 0 aromatic rings. The molecule has 0 aliphatic carbocycles. The zero-order valence-corrected chi connectivity index (χ0v) is 8.72. The SMILES string of the molecule is O=C(C1CC(O)CN1)N1CCC[C@H]1CO. The Balaban J connectivity index is 1.95. The van der Waals surface area contributed by atoms with Crippen LogP contribution in [0.4, 0.5) is 0 Å². The third-order valence-corrected chi connectivity index (χ3v) is 3.28. The fraction of sp³-hybridized carbons (Fsp3) is 0.900. The van der Waals surface area contributed by atoms with Crippen LogP contribution in [0.15, 0.2) is 0 Å². The minimum atomic E-state index is -0.408. The number of rotatable bonds is 2. The number of hydrogen-bond acceptors (Lipinski definition) is 4. The molecule has 0 aromatic heterocycles. The monoisotopic (exact) mass is 214 g/mol. The van der Waals surface area contributed by atoms with E-state index in [-0.39, 0.29) is 24.6 Å². The van der Waals surface area contributed by atoms with E-state index >= 15 is 0 Å². The van der Waals surface area contributed by atoms with Crippen molar-refractivity contribution in [1.82, 2.24) is 10.2 Å². The number of nitrogens with one attached hydrogen (secondary N) is 1. The minimum absolute atomic E-state index is 0.0166. The molecule has 0 saturated carbocycles. The molecule has 5 heteroatoms. The molecular weight excluding hydrogens is 196 g/mol. The number of hydrogen-bond donors (Lipinski definition) is 3. The molecule has 0 spiro atoms. The minimum Gasteiger partial charge on any atom is -0.394 e. The largest absolute Gasteiger partial charge is 0.394 e. The Morgan fingerprint density at radius 2 is 2.33 bits per heavy atom. The third kappa shape index (κ3) is 2.14. The van der Waals surface area contributed by atoms with E-state index in [2.05, 4.69) is 5.32 Å². The molecule has 86 valence electrons. The zero-order chi connectivity index (χ0) is 10.8. The van der Waals surface area contributed by atoms with Crippen LogP contribution in [-0.4, -0.2) is 58.9 Å². The highest BCUT2D eigenvalue weighted by Crippen LogP contribution is 2.20. The maximum Gasteiger partial charge on any atom is 0.240 e. The molecule has 3 atom stereocenters. The van der Waals surface area contributed by atoms with Crippen LogP contribution in [0.2, 0.25) is 0 Å². The van der Waals surface area contributed by atoms with Crippen molar-refractivity contribution in [3.8, 4) is 0 Å². The summed E-state index contributed by atoms with van der Waals surface area (Å²) in [4.78, 5) is 13.7. The van der Waals surface area contributed by atoms with Gasteiger partial charge in [0.1, 0.15) is 0 Å². The average molecular weight is 214 g/mol. The molecule has 2 aliphatic heterocycles. The molecule has 2 aliphatic rings. The van der Waals surface area contributed by atoms with Gasteiger partial charge in [-0.25, -0.2) is 0 Å². The second kappa shape index (κ2) is 4.47. The molecule has 2 fully saturated rings.